The third kappa shape index (κ3) is 4.09. The molecule has 0 aromatic heterocycles. The van der Waals surface area contributed by atoms with Crippen molar-refractivity contribution in [1.29, 1.82) is 0 Å². The summed E-state index contributed by atoms with van der Waals surface area (Å²) in [4.78, 5) is 23.3. The highest BCUT2D eigenvalue weighted by atomic mass is 16.5. The minimum absolute atomic E-state index is 0.164. The fraction of sp³-hybridized carbons (Fsp3) is 0.867. The lowest BCUT2D eigenvalue weighted by atomic mass is 9.80. The normalized spacial score (nSPS) is 28.0. The quantitative estimate of drug-likeness (QED) is 0.719. The molecule has 6 heteroatoms. The van der Waals surface area contributed by atoms with Crippen molar-refractivity contribution in [2.75, 3.05) is 26.3 Å². The third-order valence-corrected chi connectivity index (χ3v) is 5.05. The Hall–Kier alpha value is -1.30. The monoisotopic (exact) mass is 298 g/mol. The molecule has 1 saturated heterocycles. The molecule has 2 amide bonds. The lowest BCUT2D eigenvalue weighted by molar-refractivity contribution is -0.154. The number of carboxylic acid groups (broad SMARTS) is 1. The number of ether oxygens (including phenoxy) is 1. The second kappa shape index (κ2) is 7.11. The number of amides is 2. The van der Waals surface area contributed by atoms with Crippen LogP contribution in [0.4, 0.5) is 4.79 Å². The fourth-order valence-corrected chi connectivity index (χ4v) is 3.29. The standard InChI is InChI=1S/C15H26N2O4/c1-11-3-2-4-12(11)9-16-14(20)17-10-15(13(18)19)5-7-21-8-6-15/h11-12H,2-10H2,1H3,(H,18,19)(H2,16,17,20). The second-order valence-electron chi connectivity index (χ2n) is 6.43. The predicted octanol–water partition coefficient (Wildman–Crippen LogP) is 1.60. The van der Waals surface area contributed by atoms with Crippen molar-refractivity contribution in [1.82, 2.24) is 10.6 Å². The van der Waals surface area contributed by atoms with Crippen LogP contribution in [0.1, 0.15) is 39.0 Å². The van der Waals surface area contributed by atoms with Gasteiger partial charge >= 0.3 is 12.0 Å². The Morgan fingerprint density at radius 2 is 1.95 bits per heavy atom. The summed E-state index contributed by atoms with van der Waals surface area (Å²) in [6.07, 6.45) is 4.52. The van der Waals surface area contributed by atoms with Crippen molar-refractivity contribution in [3.05, 3.63) is 0 Å². The summed E-state index contributed by atoms with van der Waals surface area (Å²) >= 11 is 0. The Kier molecular flexibility index (Phi) is 5.45. The van der Waals surface area contributed by atoms with Crippen LogP contribution >= 0.6 is 0 Å². The van der Waals surface area contributed by atoms with Crippen LogP contribution in [0.25, 0.3) is 0 Å². The molecule has 2 fully saturated rings. The maximum atomic E-state index is 11.9. The van der Waals surface area contributed by atoms with Crippen LogP contribution in [0.3, 0.4) is 0 Å². The van der Waals surface area contributed by atoms with Crippen LogP contribution in [0.2, 0.25) is 0 Å². The van der Waals surface area contributed by atoms with Gasteiger partial charge in [0.05, 0.1) is 5.41 Å². The lowest BCUT2D eigenvalue weighted by Crippen LogP contribution is -2.49. The van der Waals surface area contributed by atoms with Crippen LogP contribution in [0.5, 0.6) is 0 Å². The first-order valence-electron chi connectivity index (χ1n) is 7.86. The third-order valence-electron chi connectivity index (χ3n) is 5.05. The van der Waals surface area contributed by atoms with Crippen LogP contribution in [-0.4, -0.2) is 43.4 Å². The molecule has 0 aromatic rings. The first kappa shape index (κ1) is 16.1. The summed E-state index contributed by atoms with van der Waals surface area (Å²) in [5.41, 5.74) is -0.879. The van der Waals surface area contributed by atoms with E-state index in [1.54, 1.807) is 0 Å². The average Bonchev–Trinajstić information content (AvgIpc) is 2.89. The molecule has 21 heavy (non-hydrogen) atoms. The molecule has 0 radical (unpaired) electrons. The number of rotatable bonds is 5. The van der Waals surface area contributed by atoms with E-state index < -0.39 is 11.4 Å². The van der Waals surface area contributed by atoms with Gasteiger partial charge in [-0.2, -0.15) is 0 Å². The Bertz CT molecular complexity index is 380. The molecule has 0 aromatic carbocycles. The Morgan fingerprint density at radius 3 is 2.52 bits per heavy atom. The smallest absolute Gasteiger partial charge is 0.314 e. The highest BCUT2D eigenvalue weighted by Crippen LogP contribution is 2.31. The van der Waals surface area contributed by atoms with Gasteiger partial charge in [0, 0.05) is 26.3 Å². The maximum absolute atomic E-state index is 11.9. The Morgan fingerprint density at radius 1 is 1.24 bits per heavy atom. The number of nitrogens with one attached hydrogen (secondary N) is 2. The predicted molar refractivity (Wildman–Crippen MR) is 78.0 cm³/mol. The zero-order valence-corrected chi connectivity index (χ0v) is 12.7. The fourth-order valence-electron chi connectivity index (χ4n) is 3.29. The number of urea groups is 1. The molecular weight excluding hydrogens is 272 g/mol. The topological polar surface area (TPSA) is 87.7 Å². The first-order chi connectivity index (χ1) is 10.0. The van der Waals surface area contributed by atoms with Gasteiger partial charge in [-0.3, -0.25) is 4.79 Å². The summed E-state index contributed by atoms with van der Waals surface area (Å²) in [6.45, 7) is 3.94. The van der Waals surface area contributed by atoms with E-state index in [2.05, 4.69) is 17.6 Å². The zero-order valence-electron chi connectivity index (χ0n) is 12.7. The molecular formula is C15H26N2O4. The largest absolute Gasteiger partial charge is 0.481 e. The molecule has 2 rings (SSSR count). The van der Waals surface area contributed by atoms with Crippen molar-refractivity contribution in [3.63, 3.8) is 0 Å². The Balaban J connectivity index is 1.75. The number of carboxylic acids is 1. The number of aliphatic carboxylic acids is 1. The SMILES string of the molecule is CC1CCCC1CNC(=O)NCC1(C(=O)O)CCOCC1. The van der Waals surface area contributed by atoms with Gasteiger partial charge in [-0.25, -0.2) is 4.79 Å². The highest BCUT2D eigenvalue weighted by Gasteiger charge is 2.40. The minimum atomic E-state index is -0.879. The summed E-state index contributed by atoms with van der Waals surface area (Å²) in [5.74, 6) is 0.355. The number of hydrogen-bond acceptors (Lipinski definition) is 3. The molecule has 1 aliphatic heterocycles. The second-order valence-corrected chi connectivity index (χ2v) is 6.43. The summed E-state index contributed by atoms with van der Waals surface area (Å²) in [5, 5.41) is 15.0. The lowest BCUT2D eigenvalue weighted by Gasteiger charge is -2.33. The molecule has 1 heterocycles. The molecule has 2 unspecified atom stereocenters. The Labute approximate surface area is 125 Å². The molecule has 2 atom stereocenters. The van der Waals surface area contributed by atoms with Gasteiger partial charge in [-0.05, 0) is 31.1 Å². The van der Waals surface area contributed by atoms with Gasteiger partial charge in [0.1, 0.15) is 0 Å². The molecule has 6 nitrogen and oxygen atoms in total. The summed E-state index contributed by atoms with van der Waals surface area (Å²) < 4.78 is 5.22. The van der Waals surface area contributed by atoms with Crippen molar-refractivity contribution in [2.45, 2.75) is 39.0 Å². The van der Waals surface area contributed by atoms with Crippen LogP contribution in [0, 0.1) is 17.3 Å². The van der Waals surface area contributed by atoms with E-state index >= 15 is 0 Å². The first-order valence-corrected chi connectivity index (χ1v) is 7.86. The van der Waals surface area contributed by atoms with Crippen molar-refractivity contribution >= 4 is 12.0 Å². The number of hydrogen-bond donors (Lipinski definition) is 3. The van der Waals surface area contributed by atoms with Gasteiger partial charge in [0.25, 0.3) is 0 Å². The van der Waals surface area contributed by atoms with E-state index in [9.17, 15) is 14.7 Å². The summed E-state index contributed by atoms with van der Waals surface area (Å²) in [7, 11) is 0. The molecule has 120 valence electrons. The zero-order chi connectivity index (χ0) is 15.3. The number of carbonyl (C=O) groups excluding carboxylic acids is 1. The van der Waals surface area contributed by atoms with Gasteiger partial charge < -0.3 is 20.5 Å². The molecule has 0 bridgehead atoms. The maximum Gasteiger partial charge on any atom is 0.314 e. The molecule has 0 spiro atoms. The van der Waals surface area contributed by atoms with Crippen LogP contribution in [-0.2, 0) is 9.53 Å². The van der Waals surface area contributed by atoms with E-state index in [4.69, 9.17) is 4.74 Å². The van der Waals surface area contributed by atoms with Gasteiger partial charge in [0.2, 0.25) is 0 Å². The minimum Gasteiger partial charge on any atom is -0.481 e. The molecule has 3 N–H and O–H groups in total. The van der Waals surface area contributed by atoms with Crippen LogP contribution < -0.4 is 10.6 Å². The number of carbonyl (C=O) groups is 2. The van der Waals surface area contributed by atoms with E-state index in [0.29, 0.717) is 44.4 Å². The van der Waals surface area contributed by atoms with Crippen molar-refractivity contribution in [3.8, 4) is 0 Å². The average molecular weight is 298 g/mol. The molecule has 1 aliphatic carbocycles. The van der Waals surface area contributed by atoms with Gasteiger partial charge in [-0.15, -0.1) is 0 Å². The van der Waals surface area contributed by atoms with E-state index in [-0.39, 0.29) is 12.6 Å². The van der Waals surface area contributed by atoms with E-state index in [1.807, 2.05) is 0 Å². The molecule has 1 saturated carbocycles. The molecule has 2 aliphatic rings. The van der Waals surface area contributed by atoms with Crippen molar-refractivity contribution < 1.29 is 19.4 Å². The van der Waals surface area contributed by atoms with Gasteiger partial charge in [-0.1, -0.05) is 19.8 Å². The summed E-state index contributed by atoms with van der Waals surface area (Å²) in [6, 6.07) is -0.263. The van der Waals surface area contributed by atoms with E-state index in [0.717, 1.165) is 6.42 Å². The highest BCUT2D eigenvalue weighted by molar-refractivity contribution is 5.78. The van der Waals surface area contributed by atoms with Crippen molar-refractivity contribution in [2.24, 2.45) is 17.3 Å². The van der Waals surface area contributed by atoms with Gasteiger partial charge in [0.15, 0.2) is 0 Å². The van der Waals surface area contributed by atoms with Crippen LogP contribution in [0.15, 0.2) is 0 Å². The van der Waals surface area contributed by atoms with E-state index in [1.165, 1.54) is 12.8 Å².